The van der Waals surface area contributed by atoms with Gasteiger partial charge in [0.2, 0.25) is 0 Å². The number of hydrogen-bond acceptors (Lipinski definition) is 3. The van der Waals surface area contributed by atoms with E-state index in [0.29, 0.717) is 6.61 Å². The number of benzene rings is 2. The first-order valence-corrected chi connectivity index (χ1v) is 8.10. The maximum Gasteiger partial charge on any atom is 0.307 e. The number of fused-ring (bicyclic) bond motifs is 2. The van der Waals surface area contributed by atoms with Crippen LogP contribution >= 0.6 is 0 Å². The smallest absolute Gasteiger partial charge is 0.307 e. The summed E-state index contributed by atoms with van der Waals surface area (Å²) < 4.78 is 5.97. The van der Waals surface area contributed by atoms with Crippen LogP contribution in [-0.4, -0.2) is 24.7 Å². The van der Waals surface area contributed by atoms with Crippen LogP contribution in [-0.2, 0) is 17.8 Å². The number of carbonyl (C=O) groups is 1. The van der Waals surface area contributed by atoms with Crippen molar-refractivity contribution in [3.05, 3.63) is 70.8 Å². The first-order chi connectivity index (χ1) is 11.7. The second-order valence-corrected chi connectivity index (χ2v) is 5.86. The number of rotatable bonds is 5. The standard InChI is InChI=1S/C20H21NO3/c1-21-10-4-7-17-16-6-3-2-5-15(16)13-24-19-9-8-14(11-18(17)19)12-20(22)23/h2-3,5-9,11,21H,4,10,12-13H2,1H3,(H,22,23). The topological polar surface area (TPSA) is 58.6 Å². The number of carboxylic acids is 1. The van der Waals surface area contributed by atoms with Crippen molar-refractivity contribution in [2.45, 2.75) is 19.4 Å². The Bertz CT molecular complexity index is 780. The molecule has 0 saturated carbocycles. The van der Waals surface area contributed by atoms with Gasteiger partial charge in [0, 0.05) is 5.56 Å². The quantitative estimate of drug-likeness (QED) is 0.829. The fourth-order valence-electron chi connectivity index (χ4n) is 2.99. The van der Waals surface area contributed by atoms with Gasteiger partial charge in [0.15, 0.2) is 0 Å². The predicted octanol–water partition coefficient (Wildman–Crippen LogP) is 3.25. The highest BCUT2D eigenvalue weighted by atomic mass is 16.5. The maximum atomic E-state index is 11.0. The third-order valence-corrected chi connectivity index (χ3v) is 4.12. The van der Waals surface area contributed by atoms with Gasteiger partial charge in [-0.15, -0.1) is 0 Å². The van der Waals surface area contributed by atoms with Gasteiger partial charge in [0.1, 0.15) is 12.4 Å². The van der Waals surface area contributed by atoms with Crippen molar-refractivity contribution in [2.75, 3.05) is 13.6 Å². The minimum absolute atomic E-state index is 0.0126. The summed E-state index contributed by atoms with van der Waals surface area (Å²) in [7, 11) is 1.93. The molecule has 4 heteroatoms. The Hall–Kier alpha value is -2.59. The third-order valence-electron chi connectivity index (χ3n) is 4.12. The molecule has 4 nitrogen and oxygen atoms in total. The Morgan fingerprint density at radius 1 is 1.25 bits per heavy atom. The van der Waals surface area contributed by atoms with E-state index in [2.05, 4.69) is 23.5 Å². The summed E-state index contributed by atoms with van der Waals surface area (Å²) in [5, 5.41) is 12.2. The first-order valence-electron chi connectivity index (χ1n) is 8.10. The fraction of sp³-hybridized carbons (Fsp3) is 0.250. The summed E-state index contributed by atoms with van der Waals surface area (Å²) >= 11 is 0. The van der Waals surface area contributed by atoms with E-state index in [-0.39, 0.29) is 6.42 Å². The zero-order valence-corrected chi connectivity index (χ0v) is 13.7. The summed E-state index contributed by atoms with van der Waals surface area (Å²) in [6.07, 6.45) is 3.11. The molecule has 0 bridgehead atoms. The molecule has 24 heavy (non-hydrogen) atoms. The predicted molar refractivity (Wildman–Crippen MR) is 94.2 cm³/mol. The molecule has 0 atom stereocenters. The molecule has 2 aromatic carbocycles. The van der Waals surface area contributed by atoms with E-state index < -0.39 is 5.97 Å². The van der Waals surface area contributed by atoms with E-state index in [1.54, 1.807) is 0 Å². The highest BCUT2D eigenvalue weighted by Gasteiger charge is 2.19. The van der Waals surface area contributed by atoms with Crippen molar-refractivity contribution >= 4 is 11.5 Å². The van der Waals surface area contributed by atoms with Crippen LogP contribution in [0, 0.1) is 0 Å². The van der Waals surface area contributed by atoms with Crippen molar-refractivity contribution in [2.24, 2.45) is 0 Å². The summed E-state index contributed by atoms with van der Waals surface area (Å²) in [5.74, 6) is -0.0263. The average molecular weight is 323 g/mol. The van der Waals surface area contributed by atoms with Crippen molar-refractivity contribution in [3.63, 3.8) is 0 Å². The highest BCUT2D eigenvalue weighted by molar-refractivity contribution is 5.85. The van der Waals surface area contributed by atoms with Gasteiger partial charge in [-0.25, -0.2) is 0 Å². The Kier molecular flexibility index (Phi) is 4.96. The van der Waals surface area contributed by atoms with Crippen LogP contribution < -0.4 is 10.1 Å². The van der Waals surface area contributed by atoms with Crippen LogP contribution in [0.5, 0.6) is 5.75 Å². The number of ether oxygens (including phenoxy) is 1. The molecule has 2 N–H and O–H groups in total. The zero-order valence-electron chi connectivity index (χ0n) is 13.7. The van der Waals surface area contributed by atoms with E-state index in [0.717, 1.165) is 46.5 Å². The third kappa shape index (κ3) is 3.49. The zero-order chi connectivity index (χ0) is 16.9. The normalized spacial score (nSPS) is 14.5. The van der Waals surface area contributed by atoms with Crippen molar-refractivity contribution in [1.82, 2.24) is 5.32 Å². The second kappa shape index (κ2) is 7.32. The lowest BCUT2D eigenvalue weighted by Gasteiger charge is -2.12. The van der Waals surface area contributed by atoms with Crippen molar-refractivity contribution in [1.29, 1.82) is 0 Å². The molecule has 0 saturated heterocycles. The highest BCUT2D eigenvalue weighted by Crippen LogP contribution is 2.37. The van der Waals surface area contributed by atoms with Gasteiger partial charge in [0.05, 0.1) is 6.42 Å². The van der Waals surface area contributed by atoms with Crippen LogP contribution in [0.1, 0.15) is 28.7 Å². The molecule has 1 heterocycles. The van der Waals surface area contributed by atoms with Gasteiger partial charge >= 0.3 is 5.97 Å². The summed E-state index contributed by atoms with van der Waals surface area (Å²) in [4.78, 5) is 11.0. The molecule has 2 aromatic rings. The van der Waals surface area contributed by atoms with Crippen LogP contribution in [0.2, 0.25) is 0 Å². The molecule has 1 aliphatic heterocycles. The lowest BCUT2D eigenvalue weighted by Crippen LogP contribution is -2.06. The monoisotopic (exact) mass is 323 g/mol. The Morgan fingerprint density at radius 2 is 2.08 bits per heavy atom. The number of carboxylic acid groups (broad SMARTS) is 1. The van der Waals surface area contributed by atoms with Crippen molar-refractivity contribution < 1.29 is 14.6 Å². The minimum atomic E-state index is -0.828. The SMILES string of the molecule is CNCCC=C1c2ccccc2COc2ccc(CC(=O)O)cc21. The van der Waals surface area contributed by atoms with Gasteiger partial charge in [-0.05, 0) is 54.4 Å². The summed E-state index contributed by atoms with van der Waals surface area (Å²) in [6, 6.07) is 13.9. The van der Waals surface area contributed by atoms with Crippen LogP contribution in [0.4, 0.5) is 0 Å². The Balaban J connectivity index is 2.10. The second-order valence-electron chi connectivity index (χ2n) is 5.86. The van der Waals surface area contributed by atoms with Crippen LogP contribution in [0.15, 0.2) is 48.5 Å². The number of aliphatic carboxylic acids is 1. The molecular formula is C20H21NO3. The molecule has 0 fully saturated rings. The fourth-order valence-corrected chi connectivity index (χ4v) is 2.99. The number of nitrogens with one attached hydrogen (secondary N) is 1. The molecule has 0 aromatic heterocycles. The largest absolute Gasteiger partial charge is 0.488 e. The van der Waals surface area contributed by atoms with Gasteiger partial charge in [-0.3, -0.25) is 4.79 Å². The van der Waals surface area contributed by atoms with Gasteiger partial charge in [-0.1, -0.05) is 36.4 Å². The van der Waals surface area contributed by atoms with E-state index in [1.807, 2.05) is 37.4 Å². The number of hydrogen-bond donors (Lipinski definition) is 2. The summed E-state index contributed by atoms with van der Waals surface area (Å²) in [6.45, 7) is 1.40. The maximum absolute atomic E-state index is 11.0. The van der Waals surface area contributed by atoms with E-state index in [9.17, 15) is 4.79 Å². The van der Waals surface area contributed by atoms with Gasteiger partial charge in [0.25, 0.3) is 0 Å². The molecule has 0 radical (unpaired) electrons. The first kappa shape index (κ1) is 16.3. The molecular weight excluding hydrogens is 302 g/mol. The molecule has 0 aliphatic carbocycles. The lowest BCUT2D eigenvalue weighted by molar-refractivity contribution is -0.136. The van der Waals surface area contributed by atoms with Gasteiger partial charge < -0.3 is 15.2 Å². The molecule has 0 spiro atoms. The summed E-state index contributed by atoms with van der Waals surface area (Å²) in [5.41, 5.74) is 5.16. The van der Waals surface area contributed by atoms with E-state index in [4.69, 9.17) is 9.84 Å². The Labute approximate surface area is 141 Å². The average Bonchev–Trinajstić information content (AvgIpc) is 2.72. The van der Waals surface area contributed by atoms with Crippen LogP contribution in [0.3, 0.4) is 0 Å². The van der Waals surface area contributed by atoms with E-state index >= 15 is 0 Å². The Morgan fingerprint density at radius 3 is 2.88 bits per heavy atom. The van der Waals surface area contributed by atoms with Gasteiger partial charge in [-0.2, -0.15) is 0 Å². The van der Waals surface area contributed by atoms with E-state index in [1.165, 1.54) is 0 Å². The molecule has 1 aliphatic rings. The van der Waals surface area contributed by atoms with Crippen LogP contribution in [0.25, 0.3) is 5.57 Å². The van der Waals surface area contributed by atoms with Crippen molar-refractivity contribution in [3.8, 4) is 5.75 Å². The molecule has 3 rings (SSSR count). The lowest BCUT2D eigenvalue weighted by atomic mass is 9.92. The molecule has 0 unspecified atom stereocenters. The molecule has 124 valence electrons. The molecule has 0 amide bonds. The minimum Gasteiger partial charge on any atom is -0.488 e.